The summed E-state index contributed by atoms with van der Waals surface area (Å²) >= 11 is 20.1. The van der Waals surface area contributed by atoms with Crippen LogP contribution in [-0.4, -0.2) is 70.5 Å². The quantitative estimate of drug-likeness (QED) is 0.149. The highest BCUT2D eigenvalue weighted by Crippen LogP contribution is 2.51. The Balaban J connectivity index is 1.16. The monoisotopic (exact) mass is 791 g/mol. The molecule has 4 heterocycles. The number of halogens is 3. The number of amides is 2. The molecular formula is C43H40Cl3N7O2. The predicted octanol–water partition coefficient (Wildman–Crippen LogP) is 9.68. The summed E-state index contributed by atoms with van der Waals surface area (Å²) in [5, 5.41) is 8.38. The van der Waals surface area contributed by atoms with Gasteiger partial charge in [-0.3, -0.25) is 14.5 Å². The Bertz CT molecular complexity index is 2450. The predicted molar refractivity (Wildman–Crippen MR) is 222 cm³/mol. The number of hydrogen-bond acceptors (Lipinski definition) is 5. The van der Waals surface area contributed by atoms with Crippen LogP contribution < -0.4 is 15.5 Å². The van der Waals surface area contributed by atoms with Crippen LogP contribution >= 0.6 is 34.8 Å². The van der Waals surface area contributed by atoms with Crippen molar-refractivity contribution in [2.45, 2.75) is 44.2 Å². The first-order valence-corrected chi connectivity index (χ1v) is 20.0. The summed E-state index contributed by atoms with van der Waals surface area (Å²) in [7, 11) is 1.61. The van der Waals surface area contributed by atoms with Crippen molar-refractivity contribution < 1.29 is 9.59 Å². The Hall–Kier alpha value is -4.80. The number of nitrogens with zero attached hydrogens (tertiary/aromatic N) is 4. The number of anilines is 2. The van der Waals surface area contributed by atoms with Gasteiger partial charge in [-0.15, -0.1) is 0 Å². The van der Waals surface area contributed by atoms with Gasteiger partial charge < -0.3 is 25.1 Å². The summed E-state index contributed by atoms with van der Waals surface area (Å²) in [5.74, 6) is -0.577. The molecule has 280 valence electrons. The number of benzene rings is 4. The highest BCUT2D eigenvalue weighted by Gasteiger charge is 2.37. The molecule has 1 atom stereocenters. The Labute approximate surface area is 334 Å². The zero-order valence-corrected chi connectivity index (χ0v) is 32.6. The van der Waals surface area contributed by atoms with E-state index in [2.05, 4.69) is 30.0 Å². The number of aromatic nitrogens is 3. The highest BCUT2D eigenvalue weighted by atomic mass is 35.5. The Kier molecular flexibility index (Phi) is 9.58. The average molecular weight is 793 g/mol. The zero-order valence-electron chi connectivity index (χ0n) is 30.3. The van der Waals surface area contributed by atoms with Gasteiger partial charge in [0, 0.05) is 81.9 Å². The summed E-state index contributed by atoms with van der Waals surface area (Å²) in [6.45, 7) is 3.56. The summed E-state index contributed by atoms with van der Waals surface area (Å²) in [4.78, 5) is 41.2. The van der Waals surface area contributed by atoms with E-state index in [1.165, 1.54) is 32.1 Å². The fraction of sp³-hybridized carbons (Fsp3) is 0.279. The van der Waals surface area contributed by atoms with Crippen molar-refractivity contribution in [3.8, 4) is 22.5 Å². The van der Waals surface area contributed by atoms with Gasteiger partial charge >= 0.3 is 0 Å². The number of nitrogens with one attached hydrogen (secondary N) is 3. The maximum Gasteiger partial charge on any atom is 0.272 e. The number of H-pyrrole nitrogens is 1. The van der Waals surface area contributed by atoms with Gasteiger partial charge in [0.25, 0.3) is 11.8 Å². The third-order valence-corrected chi connectivity index (χ3v) is 12.3. The molecular weight excluding hydrogens is 753 g/mol. The molecule has 3 N–H and O–H groups in total. The molecule has 1 saturated carbocycles. The molecule has 4 aromatic carbocycles. The molecule has 55 heavy (non-hydrogen) atoms. The van der Waals surface area contributed by atoms with E-state index in [0.717, 1.165) is 65.3 Å². The van der Waals surface area contributed by atoms with Crippen molar-refractivity contribution in [1.29, 1.82) is 0 Å². The van der Waals surface area contributed by atoms with Crippen molar-refractivity contribution in [2.75, 3.05) is 43.4 Å². The minimum atomic E-state index is -0.409. The summed E-state index contributed by atoms with van der Waals surface area (Å²) in [6, 6.07) is 25.0. The van der Waals surface area contributed by atoms with Gasteiger partial charge in [0.05, 0.1) is 35.1 Å². The lowest BCUT2D eigenvalue weighted by atomic mass is 9.87. The first-order valence-electron chi connectivity index (χ1n) is 18.9. The normalized spacial score (nSPS) is 17.3. The number of carbonyl (C=O) groups is 2. The molecule has 2 aliphatic heterocycles. The molecule has 6 aromatic rings. The van der Waals surface area contributed by atoms with Crippen LogP contribution in [-0.2, 0) is 0 Å². The lowest BCUT2D eigenvalue weighted by Crippen LogP contribution is -2.51. The fourth-order valence-corrected chi connectivity index (χ4v) is 9.65. The lowest BCUT2D eigenvalue weighted by Gasteiger charge is -2.42. The summed E-state index contributed by atoms with van der Waals surface area (Å²) in [6.07, 6.45) is 8.26. The molecule has 0 spiro atoms. The van der Waals surface area contributed by atoms with Crippen LogP contribution in [0.5, 0.6) is 0 Å². The molecule has 0 unspecified atom stereocenters. The smallest absolute Gasteiger partial charge is 0.272 e. The molecule has 0 radical (unpaired) electrons. The van der Waals surface area contributed by atoms with E-state index in [1.54, 1.807) is 25.5 Å². The molecule has 12 heteroatoms. The van der Waals surface area contributed by atoms with Crippen LogP contribution in [0.25, 0.3) is 33.4 Å². The van der Waals surface area contributed by atoms with E-state index in [0.29, 0.717) is 49.1 Å². The van der Waals surface area contributed by atoms with Crippen molar-refractivity contribution in [1.82, 2.24) is 24.8 Å². The van der Waals surface area contributed by atoms with Crippen LogP contribution in [0.3, 0.4) is 0 Å². The first kappa shape index (κ1) is 35.9. The minimum Gasteiger partial charge on any atom is -0.367 e. The van der Waals surface area contributed by atoms with Gasteiger partial charge in [-0.25, -0.2) is 4.98 Å². The standard InChI is InChI=1S/C43H40Cl3N7O2/c1-47-42(54)26-12-15-35(52-18-16-51(17-19-52)29-10-6-3-7-11-29)33(20-26)50-43(55)39-37-36-31(21-28(45)23-34(36)49-39)40(30-14-13-27(44)22-32(30)46)53-24-48-38(41(37)53)25-8-4-2-5-9-25/h2,4-5,8-9,12-15,20-24,29,40,49H,3,6-7,10-11,16-19H2,1H3,(H,47,54)(H,50,55)/t40-/m1/s1. The molecule has 1 saturated heterocycles. The van der Waals surface area contributed by atoms with Gasteiger partial charge in [0.15, 0.2) is 0 Å². The van der Waals surface area contributed by atoms with Crippen molar-refractivity contribution in [3.63, 3.8) is 0 Å². The Morgan fingerprint density at radius 1 is 0.818 bits per heavy atom. The van der Waals surface area contributed by atoms with E-state index in [1.807, 2.05) is 66.7 Å². The zero-order chi connectivity index (χ0) is 37.8. The van der Waals surface area contributed by atoms with Gasteiger partial charge in [-0.05, 0) is 66.4 Å². The molecule has 1 aliphatic carbocycles. The number of fused-ring (bicyclic) bond motifs is 2. The maximum absolute atomic E-state index is 14.9. The molecule has 2 fully saturated rings. The lowest BCUT2D eigenvalue weighted by molar-refractivity contribution is 0.0961. The van der Waals surface area contributed by atoms with Crippen LogP contribution in [0.4, 0.5) is 11.4 Å². The molecule has 0 bridgehead atoms. The van der Waals surface area contributed by atoms with Gasteiger partial charge in [0.1, 0.15) is 5.69 Å². The third-order valence-electron chi connectivity index (χ3n) is 11.5. The van der Waals surface area contributed by atoms with Crippen molar-refractivity contribution in [3.05, 3.63) is 123 Å². The highest BCUT2D eigenvalue weighted by molar-refractivity contribution is 6.35. The maximum atomic E-state index is 14.9. The van der Waals surface area contributed by atoms with E-state index in [4.69, 9.17) is 39.8 Å². The van der Waals surface area contributed by atoms with Gasteiger partial charge in [-0.1, -0.05) is 90.5 Å². The van der Waals surface area contributed by atoms with Gasteiger partial charge in [-0.2, -0.15) is 0 Å². The average Bonchev–Trinajstić information content (AvgIpc) is 3.82. The minimum absolute atomic E-state index is 0.229. The van der Waals surface area contributed by atoms with Crippen LogP contribution in [0.1, 0.15) is 70.1 Å². The topological polar surface area (TPSA) is 98.3 Å². The number of imidazole rings is 1. The molecule has 9 rings (SSSR count). The number of aromatic amines is 1. The summed E-state index contributed by atoms with van der Waals surface area (Å²) in [5.41, 5.74) is 7.79. The van der Waals surface area contributed by atoms with Crippen LogP contribution in [0, 0.1) is 0 Å². The molecule has 3 aliphatic rings. The van der Waals surface area contributed by atoms with Crippen molar-refractivity contribution in [2.24, 2.45) is 0 Å². The second-order valence-corrected chi connectivity index (χ2v) is 15.9. The first-order chi connectivity index (χ1) is 26.8. The van der Waals surface area contributed by atoms with Crippen molar-refractivity contribution >= 4 is 68.9 Å². The molecule has 2 aromatic heterocycles. The number of hydrogen-bond donors (Lipinski definition) is 3. The summed E-state index contributed by atoms with van der Waals surface area (Å²) < 4.78 is 2.07. The number of rotatable bonds is 7. The largest absolute Gasteiger partial charge is 0.367 e. The molecule has 2 amide bonds. The van der Waals surface area contributed by atoms with Crippen LogP contribution in [0.2, 0.25) is 15.1 Å². The number of piperazine rings is 1. The second-order valence-electron chi connectivity index (χ2n) is 14.7. The SMILES string of the molecule is CNC(=O)c1ccc(N2CCN(C3CCCCC3)CC2)c(NC(=O)c2[nH]c3cc(Cl)cc4c3c2-c2c(-c3ccccc3)ncn2[C@@H]4c2ccc(Cl)cc2Cl)c1. The molecule has 9 nitrogen and oxygen atoms in total. The van der Waals surface area contributed by atoms with E-state index in [-0.39, 0.29) is 11.8 Å². The van der Waals surface area contributed by atoms with Crippen LogP contribution in [0.15, 0.2) is 85.2 Å². The van der Waals surface area contributed by atoms with E-state index >= 15 is 0 Å². The fourth-order valence-electron chi connectivity index (χ4n) is 8.91. The van der Waals surface area contributed by atoms with E-state index in [9.17, 15) is 9.59 Å². The second kappa shape index (κ2) is 14.7. The van der Waals surface area contributed by atoms with Gasteiger partial charge in [0.2, 0.25) is 0 Å². The third kappa shape index (κ3) is 6.47. The van der Waals surface area contributed by atoms with E-state index < -0.39 is 6.04 Å². The Morgan fingerprint density at radius 2 is 1.60 bits per heavy atom. The number of carbonyl (C=O) groups excluding carboxylic acids is 2. The Morgan fingerprint density at radius 3 is 2.35 bits per heavy atom.